The second kappa shape index (κ2) is 12.5. The number of carbonyl (C=O) groups is 2. The van der Waals surface area contributed by atoms with E-state index in [1.807, 2.05) is 37.3 Å². The van der Waals surface area contributed by atoms with Crippen LogP contribution in [0.4, 0.5) is 4.39 Å². The van der Waals surface area contributed by atoms with Crippen LogP contribution < -0.4 is 5.32 Å². The molecular weight excluding hydrogens is 445 g/mol. The molecule has 2 aromatic rings. The fourth-order valence-corrected chi connectivity index (χ4v) is 3.59. The van der Waals surface area contributed by atoms with Crippen molar-refractivity contribution in [2.45, 2.75) is 38.8 Å². The van der Waals surface area contributed by atoms with Gasteiger partial charge in [-0.3, -0.25) is 9.59 Å². The molecule has 7 nitrogen and oxygen atoms in total. The zero-order valence-corrected chi connectivity index (χ0v) is 20.1. The monoisotopic (exact) mass is 477 g/mol. The maximum Gasteiger partial charge on any atom is 0.243 e. The molecule has 33 heavy (non-hydrogen) atoms. The molecule has 0 unspecified atom stereocenters. The van der Waals surface area contributed by atoms with E-state index in [9.17, 15) is 22.4 Å². The summed E-state index contributed by atoms with van der Waals surface area (Å²) in [6.07, 6.45) is 2.98. The van der Waals surface area contributed by atoms with Gasteiger partial charge in [0.15, 0.2) is 0 Å². The molecule has 0 aliphatic rings. The van der Waals surface area contributed by atoms with Gasteiger partial charge < -0.3 is 10.2 Å². The Hall–Kier alpha value is -2.78. The molecule has 2 amide bonds. The molecule has 0 radical (unpaired) electrons. The van der Waals surface area contributed by atoms with E-state index in [1.165, 1.54) is 24.1 Å². The first kappa shape index (κ1) is 26.5. The molecule has 0 bridgehead atoms. The zero-order valence-electron chi connectivity index (χ0n) is 19.3. The van der Waals surface area contributed by atoms with E-state index in [0.717, 1.165) is 29.0 Å². The predicted octanol–water partition coefficient (Wildman–Crippen LogP) is 2.57. The van der Waals surface area contributed by atoms with Crippen molar-refractivity contribution < 1.29 is 22.4 Å². The molecule has 2 rings (SSSR count). The van der Waals surface area contributed by atoms with Crippen LogP contribution in [0.15, 0.2) is 54.6 Å². The fraction of sp³-hybridized carbons (Fsp3) is 0.417. The molecule has 0 aliphatic heterocycles. The lowest BCUT2D eigenvalue weighted by Gasteiger charge is -2.32. The molecule has 2 aromatic carbocycles. The van der Waals surface area contributed by atoms with Gasteiger partial charge in [0.2, 0.25) is 21.8 Å². The number of unbranched alkanes of at least 4 members (excludes halogenated alkanes) is 1. The Balaban J connectivity index is 2.40. The predicted molar refractivity (Wildman–Crippen MR) is 126 cm³/mol. The number of rotatable bonds is 12. The quantitative estimate of drug-likeness (QED) is 0.476. The SMILES string of the molecule is CCCCNC(=O)[C@H](Cc1ccccc1)N(Cc1ccc(F)cc1)C(=O)CN(C)S(C)(=O)=O. The van der Waals surface area contributed by atoms with Gasteiger partial charge in [-0.1, -0.05) is 55.8 Å². The van der Waals surface area contributed by atoms with Crippen LogP contribution in [-0.4, -0.2) is 61.9 Å². The summed E-state index contributed by atoms with van der Waals surface area (Å²) in [7, 11) is -2.28. The third-order valence-electron chi connectivity index (χ3n) is 5.29. The van der Waals surface area contributed by atoms with Crippen molar-refractivity contribution in [2.75, 3.05) is 26.4 Å². The highest BCUT2D eigenvalue weighted by molar-refractivity contribution is 7.88. The van der Waals surface area contributed by atoms with Gasteiger partial charge in [0.05, 0.1) is 12.8 Å². The number of likely N-dealkylation sites (N-methyl/N-ethyl adjacent to an activating group) is 1. The summed E-state index contributed by atoms with van der Waals surface area (Å²) in [5.74, 6) is -1.24. The minimum atomic E-state index is -3.60. The Bertz CT molecular complexity index is 1010. The average Bonchev–Trinajstić information content (AvgIpc) is 2.77. The summed E-state index contributed by atoms with van der Waals surface area (Å²) in [4.78, 5) is 27.9. The number of halogens is 1. The number of nitrogens with zero attached hydrogens (tertiary/aromatic N) is 2. The van der Waals surface area contributed by atoms with Crippen LogP contribution in [0.1, 0.15) is 30.9 Å². The molecule has 1 atom stereocenters. The molecular formula is C24H32FN3O4S. The van der Waals surface area contributed by atoms with Crippen LogP contribution >= 0.6 is 0 Å². The summed E-state index contributed by atoms with van der Waals surface area (Å²) in [5, 5.41) is 2.89. The lowest BCUT2D eigenvalue weighted by molar-refractivity contribution is -0.141. The van der Waals surface area contributed by atoms with Gasteiger partial charge in [0.25, 0.3) is 0 Å². The largest absolute Gasteiger partial charge is 0.354 e. The molecule has 1 N–H and O–H groups in total. The van der Waals surface area contributed by atoms with E-state index in [4.69, 9.17) is 0 Å². The Morgan fingerprint density at radius 1 is 1.03 bits per heavy atom. The number of amides is 2. The van der Waals surface area contributed by atoms with Crippen molar-refractivity contribution in [3.05, 3.63) is 71.5 Å². The standard InChI is InChI=1S/C24H32FN3O4S/c1-4-5-15-26-24(30)22(16-19-9-7-6-8-10-19)28(17-20-11-13-21(25)14-12-20)23(29)18-27(2)33(3,31)32/h6-14,22H,4-5,15-18H2,1-3H3,(H,26,30)/t22-/m0/s1. The minimum absolute atomic E-state index is 0.0371. The van der Waals surface area contributed by atoms with Crippen LogP contribution in [-0.2, 0) is 32.6 Å². The van der Waals surface area contributed by atoms with Gasteiger partial charge in [0.1, 0.15) is 11.9 Å². The normalized spacial score (nSPS) is 12.4. The average molecular weight is 478 g/mol. The number of benzene rings is 2. The molecule has 0 heterocycles. The van der Waals surface area contributed by atoms with Crippen molar-refractivity contribution in [1.29, 1.82) is 0 Å². The molecule has 0 saturated carbocycles. The Labute approximate surface area is 195 Å². The van der Waals surface area contributed by atoms with Crippen LogP contribution in [0.2, 0.25) is 0 Å². The van der Waals surface area contributed by atoms with Crippen molar-refractivity contribution in [3.8, 4) is 0 Å². The highest BCUT2D eigenvalue weighted by Gasteiger charge is 2.31. The topological polar surface area (TPSA) is 86.8 Å². The highest BCUT2D eigenvalue weighted by atomic mass is 32.2. The molecule has 180 valence electrons. The van der Waals surface area contributed by atoms with E-state index in [0.29, 0.717) is 12.1 Å². The first-order chi connectivity index (χ1) is 15.6. The molecule has 0 saturated heterocycles. The van der Waals surface area contributed by atoms with E-state index in [-0.39, 0.29) is 18.9 Å². The van der Waals surface area contributed by atoms with Gasteiger partial charge in [-0.25, -0.2) is 12.8 Å². The third kappa shape index (κ3) is 8.58. The summed E-state index contributed by atoms with van der Waals surface area (Å²) in [6, 6.07) is 14.1. The third-order valence-corrected chi connectivity index (χ3v) is 6.55. The Kier molecular flexibility index (Phi) is 9.99. The van der Waals surface area contributed by atoms with Crippen LogP contribution in [0, 0.1) is 5.82 Å². The summed E-state index contributed by atoms with van der Waals surface area (Å²) >= 11 is 0. The summed E-state index contributed by atoms with van der Waals surface area (Å²) < 4.78 is 38.1. The minimum Gasteiger partial charge on any atom is -0.354 e. The molecule has 0 fully saturated rings. The number of nitrogens with one attached hydrogen (secondary N) is 1. The van der Waals surface area contributed by atoms with Gasteiger partial charge >= 0.3 is 0 Å². The maximum absolute atomic E-state index is 13.4. The van der Waals surface area contributed by atoms with Gasteiger partial charge in [-0.2, -0.15) is 4.31 Å². The summed E-state index contributed by atoms with van der Waals surface area (Å²) in [6.45, 7) is 2.12. The second-order valence-electron chi connectivity index (χ2n) is 8.02. The fourth-order valence-electron chi connectivity index (χ4n) is 3.25. The van der Waals surface area contributed by atoms with Crippen molar-refractivity contribution in [3.63, 3.8) is 0 Å². The second-order valence-corrected chi connectivity index (χ2v) is 10.1. The van der Waals surface area contributed by atoms with Crippen LogP contribution in [0.5, 0.6) is 0 Å². The highest BCUT2D eigenvalue weighted by Crippen LogP contribution is 2.16. The van der Waals surface area contributed by atoms with Crippen molar-refractivity contribution in [1.82, 2.24) is 14.5 Å². The maximum atomic E-state index is 13.4. The van der Waals surface area contributed by atoms with Crippen LogP contribution in [0.25, 0.3) is 0 Å². The number of hydrogen-bond donors (Lipinski definition) is 1. The molecule has 0 spiro atoms. The zero-order chi connectivity index (χ0) is 24.4. The van der Waals surface area contributed by atoms with E-state index in [2.05, 4.69) is 5.32 Å². The lowest BCUT2D eigenvalue weighted by atomic mass is 10.0. The van der Waals surface area contributed by atoms with Gasteiger partial charge in [-0.15, -0.1) is 0 Å². The van der Waals surface area contributed by atoms with Gasteiger partial charge in [-0.05, 0) is 29.7 Å². The van der Waals surface area contributed by atoms with Gasteiger partial charge in [0, 0.05) is 26.6 Å². The first-order valence-electron chi connectivity index (χ1n) is 10.9. The smallest absolute Gasteiger partial charge is 0.243 e. The number of hydrogen-bond acceptors (Lipinski definition) is 4. The van der Waals surface area contributed by atoms with E-state index >= 15 is 0 Å². The summed E-state index contributed by atoms with van der Waals surface area (Å²) in [5.41, 5.74) is 1.49. The van der Waals surface area contributed by atoms with Crippen molar-refractivity contribution in [2.24, 2.45) is 0 Å². The number of sulfonamides is 1. The molecule has 0 aromatic heterocycles. The Morgan fingerprint density at radius 2 is 1.67 bits per heavy atom. The van der Waals surface area contributed by atoms with Crippen molar-refractivity contribution >= 4 is 21.8 Å². The Morgan fingerprint density at radius 3 is 2.24 bits per heavy atom. The van der Waals surface area contributed by atoms with E-state index in [1.54, 1.807) is 12.1 Å². The number of carbonyl (C=O) groups excluding carboxylic acids is 2. The molecule has 0 aliphatic carbocycles. The lowest BCUT2D eigenvalue weighted by Crippen LogP contribution is -2.53. The van der Waals surface area contributed by atoms with E-state index < -0.39 is 34.3 Å². The molecule has 9 heteroatoms. The van der Waals surface area contributed by atoms with Crippen LogP contribution in [0.3, 0.4) is 0 Å². The first-order valence-corrected chi connectivity index (χ1v) is 12.7.